The Balaban J connectivity index is 2.10. The van der Waals surface area contributed by atoms with E-state index in [1.165, 1.54) is 16.6 Å². The van der Waals surface area contributed by atoms with Crippen LogP contribution in [0.4, 0.5) is 5.69 Å². The highest BCUT2D eigenvalue weighted by molar-refractivity contribution is 7.89. The molecule has 0 radical (unpaired) electrons. The number of aryl methyl sites for hydroxylation is 1. The molecule has 2 aromatic carbocycles. The summed E-state index contributed by atoms with van der Waals surface area (Å²) in [7, 11) is -3.45. The van der Waals surface area contributed by atoms with E-state index in [0.717, 1.165) is 59.3 Å². The second-order valence-electron chi connectivity index (χ2n) is 7.16. The fourth-order valence-electron chi connectivity index (χ4n) is 3.94. The van der Waals surface area contributed by atoms with Crippen molar-refractivity contribution in [1.29, 1.82) is 0 Å². The standard InChI is InChI=1S/C21H24N2O2S/c1-16-10-12-17(13-11-16)20-21(22-14-6-3-7-15-22)18-8-4-5-9-19(18)23(20)26(2,24)25/h4-5,8-13H,3,6-7,14-15H2,1-2H3. The molecule has 0 aliphatic carbocycles. The van der Waals surface area contributed by atoms with Crippen LogP contribution in [-0.2, 0) is 10.0 Å². The highest BCUT2D eigenvalue weighted by Crippen LogP contribution is 2.42. The summed E-state index contributed by atoms with van der Waals surface area (Å²) >= 11 is 0. The highest BCUT2D eigenvalue weighted by atomic mass is 32.2. The van der Waals surface area contributed by atoms with Gasteiger partial charge in [0.1, 0.15) is 0 Å². The maximum Gasteiger partial charge on any atom is 0.236 e. The first kappa shape index (κ1) is 17.2. The Morgan fingerprint density at radius 3 is 2.19 bits per heavy atom. The third-order valence-corrected chi connectivity index (χ3v) is 6.18. The van der Waals surface area contributed by atoms with Crippen LogP contribution < -0.4 is 4.90 Å². The minimum atomic E-state index is -3.45. The zero-order valence-corrected chi connectivity index (χ0v) is 16.1. The minimum Gasteiger partial charge on any atom is -0.369 e. The predicted molar refractivity (Wildman–Crippen MR) is 108 cm³/mol. The first-order valence-corrected chi connectivity index (χ1v) is 11.0. The number of para-hydroxylation sites is 1. The van der Waals surface area contributed by atoms with Gasteiger partial charge in [0.25, 0.3) is 0 Å². The van der Waals surface area contributed by atoms with Crippen LogP contribution in [0.3, 0.4) is 0 Å². The van der Waals surface area contributed by atoms with Gasteiger partial charge in [-0.2, -0.15) is 0 Å². The molecular formula is C21H24N2O2S. The lowest BCUT2D eigenvalue weighted by atomic mass is 10.0. The maximum absolute atomic E-state index is 12.7. The number of hydrogen-bond donors (Lipinski definition) is 0. The average Bonchev–Trinajstić information content (AvgIpc) is 2.98. The first-order valence-electron chi connectivity index (χ1n) is 9.13. The van der Waals surface area contributed by atoms with E-state index in [4.69, 9.17) is 0 Å². The summed E-state index contributed by atoms with van der Waals surface area (Å²) in [6.45, 7) is 3.98. The molecule has 2 heterocycles. The summed E-state index contributed by atoms with van der Waals surface area (Å²) < 4.78 is 27.0. The van der Waals surface area contributed by atoms with Crippen molar-refractivity contribution in [3.05, 3.63) is 54.1 Å². The topological polar surface area (TPSA) is 42.3 Å². The van der Waals surface area contributed by atoms with Gasteiger partial charge in [-0.15, -0.1) is 0 Å². The molecule has 0 unspecified atom stereocenters. The van der Waals surface area contributed by atoms with Crippen molar-refractivity contribution in [2.75, 3.05) is 24.2 Å². The molecule has 1 aromatic heterocycles. The molecule has 1 aliphatic rings. The van der Waals surface area contributed by atoms with Gasteiger partial charge >= 0.3 is 0 Å². The van der Waals surface area contributed by atoms with Gasteiger partial charge in [-0.05, 0) is 32.3 Å². The van der Waals surface area contributed by atoms with E-state index in [1.54, 1.807) is 0 Å². The first-order chi connectivity index (χ1) is 12.5. The van der Waals surface area contributed by atoms with E-state index in [-0.39, 0.29) is 0 Å². The molecule has 4 rings (SSSR count). The van der Waals surface area contributed by atoms with Crippen molar-refractivity contribution in [3.63, 3.8) is 0 Å². The number of piperidine rings is 1. The number of aromatic nitrogens is 1. The lowest BCUT2D eigenvalue weighted by molar-refractivity contribution is 0.578. The number of hydrogen-bond acceptors (Lipinski definition) is 3. The number of fused-ring (bicyclic) bond motifs is 1. The zero-order valence-electron chi connectivity index (χ0n) is 15.3. The predicted octanol–water partition coefficient (Wildman–Crippen LogP) is 4.41. The molecule has 0 atom stereocenters. The Morgan fingerprint density at radius 2 is 1.54 bits per heavy atom. The van der Waals surface area contributed by atoms with Gasteiger partial charge in [-0.25, -0.2) is 12.4 Å². The molecule has 0 saturated carbocycles. The van der Waals surface area contributed by atoms with E-state index in [1.807, 2.05) is 55.5 Å². The molecular weight excluding hydrogens is 344 g/mol. The van der Waals surface area contributed by atoms with Crippen LogP contribution in [0.2, 0.25) is 0 Å². The molecule has 0 amide bonds. The number of rotatable bonds is 3. The van der Waals surface area contributed by atoms with E-state index in [2.05, 4.69) is 4.90 Å². The van der Waals surface area contributed by atoms with E-state index in [9.17, 15) is 8.42 Å². The third kappa shape index (κ3) is 2.90. The molecule has 26 heavy (non-hydrogen) atoms. The third-order valence-electron chi connectivity index (χ3n) is 5.13. The summed E-state index contributed by atoms with van der Waals surface area (Å²) in [6.07, 6.45) is 4.82. The summed E-state index contributed by atoms with van der Waals surface area (Å²) in [5, 5.41) is 1.01. The molecule has 1 fully saturated rings. The lowest BCUT2D eigenvalue weighted by Gasteiger charge is -2.29. The summed E-state index contributed by atoms with van der Waals surface area (Å²) in [5.41, 5.74) is 4.70. The zero-order chi connectivity index (χ0) is 18.3. The largest absolute Gasteiger partial charge is 0.369 e. The molecule has 1 saturated heterocycles. The summed E-state index contributed by atoms with van der Waals surface area (Å²) in [4.78, 5) is 2.36. The number of nitrogens with zero attached hydrogens (tertiary/aromatic N) is 2. The van der Waals surface area contributed by atoms with Crippen molar-refractivity contribution in [2.24, 2.45) is 0 Å². The quantitative estimate of drug-likeness (QED) is 0.687. The molecule has 4 nitrogen and oxygen atoms in total. The van der Waals surface area contributed by atoms with Gasteiger partial charge in [0.15, 0.2) is 0 Å². The van der Waals surface area contributed by atoms with Gasteiger partial charge in [0.05, 0.1) is 23.2 Å². The van der Waals surface area contributed by atoms with Gasteiger partial charge < -0.3 is 4.90 Å². The summed E-state index contributed by atoms with van der Waals surface area (Å²) in [5.74, 6) is 0. The van der Waals surface area contributed by atoms with Crippen LogP contribution in [0.25, 0.3) is 22.2 Å². The van der Waals surface area contributed by atoms with Crippen LogP contribution in [0.15, 0.2) is 48.5 Å². The van der Waals surface area contributed by atoms with Crippen molar-refractivity contribution in [1.82, 2.24) is 3.97 Å². The number of benzene rings is 2. The van der Waals surface area contributed by atoms with E-state index >= 15 is 0 Å². The average molecular weight is 369 g/mol. The van der Waals surface area contributed by atoms with Crippen LogP contribution in [0.1, 0.15) is 24.8 Å². The Labute approximate surface area is 155 Å². The molecule has 3 aromatic rings. The molecule has 0 N–H and O–H groups in total. The highest BCUT2D eigenvalue weighted by Gasteiger charge is 2.27. The minimum absolute atomic E-state index is 0.756. The molecule has 5 heteroatoms. The van der Waals surface area contributed by atoms with Crippen LogP contribution in [0, 0.1) is 6.92 Å². The fourth-order valence-corrected chi connectivity index (χ4v) is 4.98. The Kier molecular flexibility index (Phi) is 4.27. The van der Waals surface area contributed by atoms with Gasteiger partial charge in [-0.3, -0.25) is 0 Å². The van der Waals surface area contributed by atoms with Crippen molar-refractivity contribution < 1.29 is 8.42 Å². The Bertz CT molecular complexity index is 1040. The SMILES string of the molecule is Cc1ccc(-c2c(N3CCCCC3)c3ccccc3n2S(C)(=O)=O)cc1. The fraction of sp³-hybridized carbons (Fsp3) is 0.333. The van der Waals surface area contributed by atoms with Gasteiger partial charge in [0.2, 0.25) is 10.0 Å². The molecule has 0 spiro atoms. The molecule has 136 valence electrons. The van der Waals surface area contributed by atoms with E-state index in [0.29, 0.717) is 0 Å². The Hall–Kier alpha value is -2.27. The lowest BCUT2D eigenvalue weighted by Crippen LogP contribution is -2.29. The maximum atomic E-state index is 12.7. The molecule has 0 bridgehead atoms. The van der Waals surface area contributed by atoms with Crippen molar-refractivity contribution in [3.8, 4) is 11.3 Å². The van der Waals surface area contributed by atoms with Crippen LogP contribution in [-0.4, -0.2) is 31.7 Å². The van der Waals surface area contributed by atoms with E-state index < -0.39 is 10.0 Å². The second kappa shape index (κ2) is 6.47. The second-order valence-corrected chi connectivity index (χ2v) is 8.99. The van der Waals surface area contributed by atoms with Crippen molar-refractivity contribution >= 4 is 26.6 Å². The Morgan fingerprint density at radius 1 is 0.885 bits per heavy atom. The normalized spacial score (nSPS) is 15.5. The van der Waals surface area contributed by atoms with Gasteiger partial charge in [0, 0.05) is 24.0 Å². The number of anilines is 1. The van der Waals surface area contributed by atoms with Crippen LogP contribution in [0.5, 0.6) is 0 Å². The summed E-state index contributed by atoms with van der Waals surface area (Å²) in [6, 6.07) is 16.0. The smallest absolute Gasteiger partial charge is 0.236 e. The molecule has 1 aliphatic heterocycles. The monoisotopic (exact) mass is 368 g/mol. The van der Waals surface area contributed by atoms with Crippen molar-refractivity contribution in [2.45, 2.75) is 26.2 Å². The van der Waals surface area contributed by atoms with Crippen LogP contribution >= 0.6 is 0 Å². The van der Waals surface area contributed by atoms with Gasteiger partial charge in [-0.1, -0.05) is 48.0 Å².